The Hall–Kier alpha value is -1.87. The minimum absolute atomic E-state index is 0.0707. The van der Waals surface area contributed by atoms with Crippen LogP contribution in [0.5, 0.6) is 0 Å². The summed E-state index contributed by atoms with van der Waals surface area (Å²) in [5.74, 6) is 10.6. The van der Waals surface area contributed by atoms with Crippen molar-refractivity contribution in [2.75, 3.05) is 26.6 Å². The van der Waals surface area contributed by atoms with Gasteiger partial charge >= 0.3 is 6.16 Å². The third kappa shape index (κ3) is 7.41. The van der Waals surface area contributed by atoms with Gasteiger partial charge in [0.2, 0.25) is 0 Å². The molecule has 0 unspecified atom stereocenters. The van der Waals surface area contributed by atoms with E-state index in [0.29, 0.717) is 0 Å². The highest BCUT2D eigenvalue weighted by atomic mass is 16.7. The van der Waals surface area contributed by atoms with Gasteiger partial charge in [0.1, 0.15) is 13.2 Å². The average molecular weight is 262 g/mol. The predicted octanol–water partition coefficient (Wildman–Crippen LogP) is -0.829. The number of ether oxygens (including phenoxy) is 3. The molecule has 0 heterocycles. The van der Waals surface area contributed by atoms with E-state index < -0.39 is 6.16 Å². The number of amidine groups is 1. The van der Waals surface area contributed by atoms with Crippen molar-refractivity contribution < 1.29 is 23.8 Å². The van der Waals surface area contributed by atoms with Gasteiger partial charge < -0.3 is 20.1 Å². The number of rotatable bonds is 7. The molecule has 0 spiro atoms. The molecule has 0 saturated carbocycles. The number of Topliss-reactive ketones (excluding diaryl/α,β-unsaturated/α-hetero) is 1. The molecular formula is C9H18N4O5. The second kappa shape index (κ2) is 9.19. The first-order valence-electron chi connectivity index (χ1n) is 5.17. The van der Waals surface area contributed by atoms with Crippen LogP contribution in [-0.4, -0.2) is 49.3 Å². The van der Waals surface area contributed by atoms with Gasteiger partial charge in [0, 0.05) is 0 Å². The lowest BCUT2D eigenvalue weighted by atomic mass is 10.5. The molecule has 0 fully saturated rings. The van der Waals surface area contributed by atoms with Crippen molar-refractivity contribution in [2.45, 2.75) is 13.8 Å². The summed E-state index contributed by atoms with van der Waals surface area (Å²) in [6.07, 6.45) is -0.853. The zero-order valence-corrected chi connectivity index (χ0v) is 10.4. The number of hydrogen-bond donors (Lipinski definition) is 2. The fraction of sp³-hybridized carbons (Fsp3) is 0.667. The molecule has 0 bridgehead atoms. The van der Waals surface area contributed by atoms with Gasteiger partial charge in [-0.25, -0.2) is 10.6 Å². The molecule has 0 aromatic rings. The largest absolute Gasteiger partial charge is 0.510 e. The van der Waals surface area contributed by atoms with Crippen LogP contribution in [0.25, 0.3) is 0 Å². The second-order valence-corrected chi connectivity index (χ2v) is 3.17. The van der Waals surface area contributed by atoms with E-state index in [1.165, 1.54) is 6.92 Å². The molecular weight excluding hydrogens is 244 g/mol. The van der Waals surface area contributed by atoms with Crippen LogP contribution in [0.4, 0.5) is 4.79 Å². The summed E-state index contributed by atoms with van der Waals surface area (Å²) in [5, 5.41) is 4.33. The Morgan fingerprint density at radius 3 is 2.44 bits per heavy atom. The molecule has 0 aromatic carbocycles. The van der Waals surface area contributed by atoms with Crippen molar-refractivity contribution in [3.8, 4) is 0 Å². The maximum Gasteiger partial charge on any atom is 0.510 e. The summed E-state index contributed by atoms with van der Waals surface area (Å²) in [6.45, 7) is 2.78. The summed E-state index contributed by atoms with van der Waals surface area (Å²) in [4.78, 5) is 21.5. The zero-order chi connectivity index (χ0) is 14.0. The van der Waals surface area contributed by atoms with E-state index in [1.807, 2.05) is 0 Å². The summed E-state index contributed by atoms with van der Waals surface area (Å²) >= 11 is 0. The van der Waals surface area contributed by atoms with Gasteiger partial charge in [-0.15, -0.1) is 0 Å². The monoisotopic (exact) mass is 262 g/mol. The van der Waals surface area contributed by atoms with E-state index in [0.717, 1.165) is 5.01 Å². The molecule has 4 N–H and O–H groups in total. The van der Waals surface area contributed by atoms with Crippen LogP contribution < -0.4 is 11.7 Å². The summed E-state index contributed by atoms with van der Waals surface area (Å²) in [5.41, 5.74) is 0. The van der Waals surface area contributed by atoms with E-state index in [4.69, 9.17) is 16.4 Å². The van der Waals surface area contributed by atoms with E-state index >= 15 is 0 Å². The number of hydrazine groups is 1. The van der Waals surface area contributed by atoms with Crippen LogP contribution in [0.1, 0.15) is 13.8 Å². The smallest absolute Gasteiger partial charge is 0.435 e. The highest BCUT2D eigenvalue weighted by Crippen LogP contribution is 1.91. The Labute approximate surface area is 105 Å². The topological polar surface area (TPSA) is 129 Å². The van der Waals surface area contributed by atoms with Crippen LogP contribution in [-0.2, 0) is 19.0 Å². The van der Waals surface area contributed by atoms with Crippen LogP contribution >= 0.6 is 0 Å². The van der Waals surface area contributed by atoms with E-state index in [-0.39, 0.29) is 38.2 Å². The lowest BCUT2D eigenvalue weighted by Crippen LogP contribution is -2.43. The van der Waals surface area contributed by atoms with Crippen molar-refractivity contribution in [3.05, 3.63) is 0 Å². The molecule has 18 heavy (non-hydrogen) atoms. The molecule has 0 radical (unpaired) electrons. The normalized spacial score (nSPS) is 10.9. The molecule has 104 valence electrons. The van der Waals surface area contributed by atoms with Crippen LogP contribution in [0.15, 0.2) is 5.10 Å². The molecule has 0 rings (SSSR count). The number of hydrazone groups is 1. The minimum Gasteiger partial charge on any atom is -0.435 e. The maximum absolute atomic E-state index is 10.9. The molecule has 9 nitrogen and oxygen atoms in total. The van der Waals surface area contributed by atoms with Gasteiger partial charge in [-0.1, -0.05) is 0 Å². The highest BCUT2D eigenvalue weighted by molar-refractivity contribution is 5.83. The third-order valence-corrected chi connectivity index (χ3v) is 1.60. The summed E-state index contributed by atoms with van der Waals surface area (Å²) in [6, 6.07) is 0. The van der Waals surface area contributed by atoms with Crippen molar-refractivity contribution in [1.82, 2.24) is 5.01 Å². The molecule has 0 aromatic heterocycles. The van der Waals surface area contributed by atoms with Gasteiger partial charge in [-0.05, 0) is 13.8 Å². The molecule has 0 atom stereocenters. The highest BCUT2D eigenvalue weighted by Gasteiger charge is 2.11. The Kier molecular flexibility index (Phi) is 8.24. The van der Waals surface area contributed by atoms with Crippen molar-refractivity contribution >= 4 is 17.8 Å². The molecule has 0 amide bonds. The van der Waals surface area contributed by atoms with E-state index in [1.54, 1.807) is 6.92 Å². The van der Waals surface area contributed by atoms with Crippen LogP contribution in [0.3, 0.4) is 0 Å². The molecule has 0 saturated heterocycles. The first-order valence-corrected chi connectivity index (χ1v) is 5.17. The molecule has 0 aliphatic carbocycles. The first-order chi connectivity index (χ1) is 8.51. The summed E-state index contributed by atoms with van der Waals surface area (Å²) < 4.78 is 14.1. The quantitative estimate of drug-likeness (QED) is 0.152. The SMILES string of the molecule is CCOC(=O)OCN(N)/C(COCC(C)=O)=N\N. The summed E-state index contributed by atoms with van der Waals surface area (Å²) in [7, 11) is 0. The molecule has 9 heteroatoms. The van der Waals surface area contributed by atoms with Crippen LogP contribution in [0, 0.1) is 0 Å². The number of carbonyl (C=O) groups is 2. The van der Waals surface area contributed by atoms with Gasteiger partial charge in [0.25, 0.3) is 0 Å². The minimum atomic E-state index is -0.853. The van der Waals surface area contributed by atoms with E-state index in [9.17, 15) is 9.59 Å². The lowest BCUT2D eigenvalue weighted by Gasteiger charge is -2.18. The fourth-order valence-corrected chi connectivity index (χ4v) is 0.837. The Balaban J connectivity index is 4.00. The number of hydrogen-bond acceptors (Lipinski definition) is 8. The lowest BCUT2D eigenvalue weighted by molar-refractivity contribution is -0.120. The van der Waals surface area contributed by atoms with Crippen molar-refractivity contribution in [2.24, 2.45) is 16.8 Å². The average Bonchev–Trinajstić information content (AvgIpc) is 2.31. The van der Waals surface area contributed by atoms with Gasteiger partial charge in [-0.2, -0.15) is 5.10 Å². The predicted molar refractivity (Wildman–Crippen MR) is 62.1 cm³/mol. The zero-order valence-electron chi connectivity index (χ0n) is 10.4. The van der Waals surface area contributed by atoms with Crippen molar-refractivity contribution in [1.29, 1.82) is 0 Å². The Bertz CT molecular complexity index is 307. The van der Waals surface area contributed by atoms with E-state index in [2.05, 4.69) is 14.6 Å². The number of ketones is 1. The number of nitrogens with zero attached hydrogens (tertiary/aromatic N) is 2. The standard InChI is InChI=1S/C9H18N4O5/c1-3-17-9(15)18-6-13(11)8(12-10)5-16-4-7(2)14/h3-6,10-11H2,1-2H3/b12-8-. The Morgan fingerprint density at radius 2 is 1.94 bits per heavy atom. The Morgan fingerprint density at radius 1 is 1.28 bits per heavy atom. The number of carbonyl (C=O) groups excluding carboxylic acids is 2. The molecule has 0 aliphatic rings. The van der Waals surface area contributed by atoms with Crippen molar-refractivity contribution in [3.63, 3.8) is 0 Å². The number of nitrogens with two attached hydrogens (primary N) is 2. The first kappa shape index (κ1) is 16.1. The van der Waals surface area contributed by atoms with Crippen LogP contribution in [0.2, 0.25) is 0 Å². The van der Waals surface area contributed by atoms with Gasteiger partial charge in [0.05, 0.1) is 6.61 Å². The third-order valence-electron chi connectivity index (χ3n) is 1.60. The molecule has 0 aliphatic heterocycles. The maximum atomic E-state index is 10.9. The van der Waals surface area contributed by atoms with Gasteiger partial charge in [-0.3, -0.25) is 9.80 Å². The van der Waals surface area contributed by atoms with Gasteiger partial charge in [0.15, 0.2) is 18.3 Å². The fourth-order valence-electron chi connectivity index (χ4n) is 0.837. The second-order valence-electron chi connectivity index (χ2n) is 3.17.